The predicted molar refractivity (Wildman–Crippen MR) is 97.0 cm³/mol. The Labute approximate surface area is 135 Å². The number of hydrogen-bond acceptors (Lipinski definition) is 1. The van der Waals surface area contributed by atoms with Crippen molar-refractivity contribution >= 4 is 5.57 Å². The summed E-state index contributed by atoms with van der Waals surface area (Å²) in [4.78, 5) is 4.30. The fourth-order valence-corrected chi connectivity index (χ4v) is 2.92. The van der Waals surface area contributed by atoms with Crippen LogP contribution < -0.4 is 0 Å². The summed E-state index contributed by atoms with van der Waals surface area (Å²) in [6.45, 7) is 10.7. The van der Waals surface area contributed by atoms with Crippen LogP contribution >= 0.6 is 0 Å². The molecule has 0 radical (unpaired) electrons. The molecule has 2 rings (SSSR count). The van der Waals surface area contributed by atoms with Crippen LogP contribution in [0.5, 0.6) is 0 Å². The van der Waals surface area contributed by atoms with E-state index in [1.807, 2.05) is 12.4 Å². The monoisotopic (exact) mass is 293 g/mol. The van der Waals surface area contributed by atoms with Crippen molar-refractivity contribution in [3.05, 3.63) is 59.9 Å². The first-order valence-corrected chi connectivity index (χ1v) is 8.39. The molecule has 0 aliphatic carbocycles. The molecule has 1 heterocycles. The predicted octanol–water partition coefficient (Wildman–Crippen LogP) is 6.08. The summed E-state index contributed by atoms with van der Waals surface area (Å²) in [6.07, 6.45) is 9.83. The summed E-state index contributed by atoms with van der Waals surface area (Å²) in [5.41, 5.74) is 7.72. The highest BCUT2D eigenvalue weighted by Gasteiger charge is 2.09. The largest absolute Gasteiger partial charge is 0.264 e. The quantitative estimate of drug-likeness (QED) is 0.564. The lowest BCUT2D eigenvalue weighted by Crippen LogP contribution is -1.95. The van der Waals surface area contributed by atoms with Crippen molar-refractivity contribution in [1.82, 2.24) is 4.98 Å². The molecule has 0 saturated heterocycles. The van der Waals surface area contributed by atoms with Crippen LogP contribution in [0, 0.1) is 0 Å². The topological polar surface area (TPSA) is 12.9 Å². The molecule has 0 atom stereocenters. The van der Waals surface area contributed by atoms with Gasteiger partial charge in [0.05, 0.1) is 0 Å². The molecule has 0 N–H and O–H groups in total. The van der Waals surface area contributed by atoms with E-state index in [4.69, 9.17) is 0 Å². The molecule has 22 heavy (non-hydrogen) atoms. The Balaban J connectivity index is 2.38. The zero-order valence-corrected chi connectivity index (χ0v) is 14.2. The maximum absolute atomic E-state index is 4.30. The first-order valence-electron chi connectivity index (χ1n) is 8.39. The van der Waals surface area contributed by atoms with Gasteiger partial charge in [-0.25, -0.2) is 0 Å². The van der Waals surface area contributed by atoms with Gasteiger partial charge in [0.15, 0.2) is 0 Å². The van der Waals surface area contributed by atoms with Gasteiger partial charge in [0, 0.05) is 18.0 Å². The van der Waals surface area contributed by atoms with Crippen molar-refractivity contribution in [2.24, 2.45) is 0 Å². The number of pyridine rings is 1. The Kier molecular flexibility index (Phi) is 5.94. The maximum atomic E-state index is 4.30. The number of rotatable bonds is 7. The van der Waals surface area contributed by atoms with Gasteiger partial charge in [-0.3, -0.25) is 4.98 Å². The van der Waals surface area contributed by atoms with Crippen LogP contribution in [0.15, 0.2) is 43.2 Å². The SMILES string of the molecule is C=C(C)c1cc(-c2cnccc2CC)ccc1CCCCC. The molecule has 0 saturated carbocycles. The Hall–Kier alpha value is -1.89. The van der Waals surface area contributed by atoms with Gasteiger partial charge in [-0.05, 0) is 60.6 Å². The van der Waals surface area contributed by atoms with Crippen molar-refractivity contribution in [3.63, 3.8) is 0 Å². The molecule has 1 nitrogen and oxygen atoms in total. The standard InChI is InChI=1S/C21H27N/c1-5-7-8-9-18-10-11-19(14-20(18)16(3)4)21-15-22-13-12-17(21)6-2/h10-15H,3,5-9H2,1-2,4H3. The van der Waals surface area contributed by atoms with Gasteiger partial charge in [-0.1, -0.05) is 51.0 Å². The second-order valence-corrected chi connectivity index (χ2v) is 6.00. The first kappa shape index (κ1) is 16.5. The summed E-state index contributed by atoms with van der Waals surface area (Å²) in [6, 6.07) is 8.93. The average molecular weight is 293 g/mol. The third kappa shape index (κ3) is 3.85. The van der Waals surface area contributed by atoms with Crippen molar-refractivity contribution in [1.29, 1.82) is 0 Å². The third-order valence-corrected chi connectivity index (χ3v) is 4.22. The van der Waals surface area contributed by atoms with Gasteiger partial charge in [0.2, 0.25) is 0 Å². The molecule has 0 unspecified atom stereocenters. The lowest BCUT2D eigenvalue weighted by atomic mass is 9.92. The lowest BCUT2D eigenvalue weighted by molar-refractivity contribution is 0.716. The molecule has 116 valence electrons. The fourth-order valence-electron chi connectivity index (χ4n) is 2.92. The van der Waals surface area contributed by atoms with Gasteiger partial charge >= 0.3 is 0 Å². The van der Waals surface area contributed by atoms with Crippen molar-refractivity contribution in [2.75, 3.05) is 0 Å². The number of hydrogen-bond donors (Lipinski definition) is 0. The molecule has 1 aromatic heterocycles. The van der Waals surface area contributed by atoms with E-state index in [0.717, 1.165) is 18.4 Å². The fraction of sp³-hybridized carbons (Fsp3) is 0.381. The van der Waals surface area contributed by atoms with Crippen LogP contribution in [0.25, 0.3) is 16.7 Å². The van der Waals surface area contributed by atoms with E-state index in [-0.39, 0.29) is 0 Å². The minimum absolute atomic E-state index is 1.03. The van der Waals surface area contributed by atoms with Gasteiger partial charge in [0.25, 0.3) is 0 Å². The van der Waals surface area contributed by atoms with Crippen LogP contribution in [-0.4, -0.2) is 4.98 Å². The van der Waals surface area contributed by atoms with Crippen molar-refractivity contribution < 1.29 is 0 Å². The average Bonchev–Trinajstić information content (AvgIpc) is 2.55. The van der Waals surface area contributed by atoms with E-state index in [1.165, 1.54) is 47.1 Å². The molecule has 0 fully saturated rings. The molecule has 0 amide bonds. The zero-order valence-electron chi connectivity index (χ0n) is 14.2. The van der Waals surface area contributed by atoms with E-state index >= 15 is 0 Å². The highest BCUT2D eigenvalue weighted by molar-refractivity contribution is 5.74. The van der Waals surface area contributed by atoms with E-state index in [9.17, 15) is 0 Å². The van der Waals surface area contributed by atoms with E-state index < -0.39 is 0 Å². The van der Waals surface area contributed by atoms with E-state index in [2.05, 4.69) is 56.6 Å². The summed E-state index contributed by atoms with van der Waals surface area (Å²) in [7, 11) is 0. The number of aromatic nitrogens is 1. The highest BCUT2D eigenvalue weighted by Crippen LogP contribution is 2.29. The Morgan fingerprint density at radius 2 is 1.91 bits per heavy atom. The van der Waals surface area contributed by atoms with Crippen LogP contribution in [0.3, 0.4) is 0 Å². The molecule has 0 spiro atoms. The van der Waals surface area contributed by atoms with Crippen LogP contribution in [0.1, 0.15) is 56.7 Å². The molecule has 1 aromatic carbocycles. The smallest absolute Gasteiger partial charge is 0.0349 e. The number of nitrogens with zero attached hydrogens (tertiary/aromatic N) is 1. The van der Waals surface area contributed by atoms with Crippen molar-refractivity contribution in [2.45, 2.75) is 52.9 Å². The lowest BCUT2D eigenvalue weighted by Gasteiger charge is -2.14. The number of aryl methyl sites for hydroxylation is 2. The molecule has 1 heteroatoms. The van der Waals surface area contributed by atoms with Gasteiger partial charge in [-0.15, -0.1) is 0 Å². The van der Waals surface area contributed by atoms with Gasteiger partial charge in [-0.2, -0.15) is 0 Å². The van der Waals surface area contributed by atoms with E-state index in [1.54, 1.807) is 0 Å². The van der Waals surface area contributed by atoms with Crippen LogP contribution in [-0.2, 0) is 12.8 Å². The summed E-state index contributed by atoms with van der Waals surface area (Å²) in [5, 5.41) is 0. The minimum atomic E-state index is 1.03. The highest BCUT2D eigenvalue weighted by atomic mass is 14.6. The first-order chi connectivity index (χ1) is 10.7. The molecule has 2 aromatic rings. The molecular formula is C21H27N. The molecule has 0 aliphatic heterocycles. The second kappa shape index (κ2) is 7.93. The second-order valence-electron chi connectivity index (χ2n) is 6.00. The van der Waals surface area contributed by atoms with E-state index in [0.29, 0.717) is 0 Å². The summed E-state index contributed by atoms with van der Waals surface area (Å²) in [5.74, 6) is 0. The maximum Gasteiger partial charge on any atom is 0.0349 e. The van der Waals surface area contributed by atoms with Crippen molar-refractivity contribution in [3.8, 4) is 11.1 Å². The minimum Gasteiger partial charge on any atom is -0.264 e. The Morgan fingerprint density at radius 3 is 2.59 bits per heavy atom. The van der Waals surface area contributed by atoms with Crippen LogP contribution in [0.2, 0.25) is 0 Å². The number of benzene rings is 1. The Morgan fingerprint density at radius 1 is 1.09 bits per heavy atom. The van der Waals surface area contributed by atoms with Gasteiger partial charge < -0.3 is 0 Å². The summed E-state index contributed by atoms with van der Waals surface area (Å²) < 4.78 is 0. The summed E-state index contributed by atoms with van der Waals surface area (Å²) >= 11 is 0. The Bertz CT molecular complexity index is 640. The van der Waals surface area contributed by atoms with Gasteiger partial charge in [0.1, 0.15) is 0 Å². The third-order valence-electron chi connectivity index (χ3n) is 4.22. The number of unbranched alkanes of at least 4 members (excludes halogenated alkanes) is 2. The molecular weight excluding hydrogens is 266 g/mol. The number of allylic oxidation sites excluding steroid dienone is 1. The normalized spacial score (nSPS) is 10.7. The zero-order chi connectivity index (χ0) is 15.9. The molecule has 0 aliphatic rings. The molecule has 0 bridgehead atoms. The van der Waals surface area contributed by atoms with Crippen LogP contribution in [0.4, 0.5) is 0 Å².